The van der Waals surface area contributed by atoms with Crippen LogP contribution in [0.3, 0.4) is 0 Å². The topological polar surface area (TPSA) is 17.1 Å². The van der Waals surface area contributed by atoms with Gasteiger partial charge in [-0.15, -0.1) is 0 Å². The Bertz CT molecular complexity index is 838. The Morgan fingerprint density at radius 3 is 1.94 bits per heavy atom. The molecule has 1 nitrogen and oxygen atoms in total. The molecule has 31 heavy (non-hydrogen) atoms. The molecule has 0 bridgehead atoms. The molecule has 0 N–H and O–H groups in total. The van der Waals surface area contributed by atoms with Crippen LogP contribution in [0.1, 0.15) is 70.4 Å². The van der Waals surface area contributed by atoms with Crippen molar-refractivity contribution in [2.75, 3.05) is 0 Å². The van der Waals surface area contributed by atoms with Crippen molar-refractivity contribution in [3.05, 3.63) is 70.5 Å². The van der Waals surface area contributed by atoms with Crippen molar-refractivity contribution >= 4 is 45.4 Å². The van der Waals surface area contributed by atoms with Gasteiger partial charge in [0.25, 0.3) is 0 Å². The quantitative estimate of drug-likeness (QED) is 0.138. The van der Waals surface area contributed by atoms with E-state index in [2.05, 4.69) is 20.8 Å². The fourth-order valence-corrected chi connectivity index (χ4v) is 19.5. The number of carbonyl (C=O) groups excluding carboxylic acids is 1. The number of hydrogen-bond donors (Lipinski definition) is 0. The fourth-order valence-electron chi connectivity index (χ4n) is 4.22. The Morgan fingerprint density at radius 2 is 1.45 bits per heavy atom. The first-order valence-corrected chi connectivity index (χ1v) is 19.6. The third kappa shape index (κ3) is 7.75. The molecule has 0 amide bonds. The molecule has 0 fully saturated rings. The Hall–Kier alpha value is -1.13. The van der Waals surface area contributed by atoms with E-state index in [1.54, 1.807) is 6.07 Å². The zero-order chi connectivity index (χ0) is 22.7. The van der Waals surface area contributed by atoms with Crippen molar-refractivity contribution in [3.63, 3.8) is 0 Å². The molecule has 0 aliphatic heterocycles. The molecular weight excluding hydrogens is 513 g/mol. The second-order valence-corrected chi connectivity index (χ2v) is 21.9. The van der Waals surface area contributed by atoms with Gasteiger partial charge >= 0.3 is 198 Å². The summed E-state index contributed by atoms with van der Waals surface area (Å²) in [5.41, 5.74) is 2.38. The predicted octanol–water partition coefficient (Wildman–Crippen LogP) is 8.98. The maximum atomic E-state index is 14.4. The summed E-state index contributed by atoms with van der Waals surface area (Å²) in [6, 6.07) is 14.1. The third-order valence-electron chi connectivity index (χ3n) is 6.07. The van der Waals surface area contributed by atoms with E-state index in [0.29, 0.717) is 8.82 Å². The normalized spacial score (nSPS) is 12.2. The van der Waals surface area contributed by atoms with Gasteiger partial charge in [0.05, 0.1) is 0 Å². The molecule has 0 aromatic heterocycles. The Labute approximate surface area is 197 Å². The summed E-state index contributed by atoms with van der Waals surface area (Å²) < 4.78 is 17.6. The van der Waals surface area contributed by atoms with Gasteiger partial charge in [-0.25, -0.2) is 0 Å². The fraction of sp³-hybridized carbons (Fsp3) is 0.444. The van der Waals surface area contributed by atoms with Crippen LogP contribution in [0.2, 0.25) is 18.3 Å². The van der Waals surface area contributed by atoms with Crippen LogP contribution in [0.15, 0.2) is 48.5 Å². The minimum atomic E-state index is -3.17. The molecule has 0 spiro atoms. The van der Waals surface area contributed by atoms with Crippen LogP contribution in [0.4, 0.5) is 4.39 Å². The average Bonchev–Trinajstić information content (AvgIpc) is 2.77. The number of rotatable bonds is 13. The summed E-state index contributed by atoms with van der Waals surface area (Å²) in [7, 11) is 0. The number of allylic oxidation sites excluding steroid dienone is 1. The Balaban J connectivity index is 2.60. The molecule has 2 rings (SSSR count). The van der Waals surface area contributed by atoms with Gasteiger partial charge in [0.15, 0.2) is 0 Å². The molecule has 0 atom stereocenters. The SMILES string of the molecule is CCC[CH2][Sn]([CH2]CCC)([CH2]CCC)[C](=O)/C(=C/c1cccc(F)c1)c1ccc(Cl)cc1. The molecule has 4 heteroatoms. The van der Waals surface area contributed by atoms with E-state index in [9.17, 15) is 9.18 Å². The Kier molecular flexibility index (Phi) is 11.3. The van der Waals surface area contributed by atoms with Gasteiger partial charge in [0.1, 0.15) is 0 Å². The zero-order valence-electron chi connectivity index (χ0n) is 19.2. The van der Waals surface area contributed by atoms with E-state index in [-0.39, 0.29) is 5.82 Å². The summed E-state index contributed by atoms with van der Waals surface area (Å²) in [4.78, 5) is 14.4. The molecule has 0 heterocycles. The van der Waals surface area contributed by atoms with Crippen molar-refractivity contribution in [1.29, 1.82) is 0 Å². The molecule has 0 aliphatic carbocycles. The number of unbranched alkanes of at least 4 members (excludes halogenated alkanes) is 3. The molecule has 0 unspecified atom stereocenters. The summed E-state index contributed by atoms with van der Waals surface area (Å²) >= 11 is 2.96. The number of carbonyl (C=O) groups is 1. The van der Waals surface area contributed by atoms with Crippen LogP contribution in [0, 0.1) is 5.82 Å². The molecule has 0 aliphatic rings. The van der Waals surface area contributed by atoms with E-state index >= 15 is 0 Å². The van der Waals surface area contributed by atoms with Crippen molar-refractivity contribution in [3.8, 4) is 0 Å². The zero-order valence-corrected chi connectivity index (χ0v) is 22.8. The first-order valence-electron chi connectivity index (χ1n) is 11.7. The molecule has 2 aromatic carbocycles. The number of halogens is 2. The predicted molar refractivity (Wildman–Crippen MR) is 136 cm³/mol. The molecule has 168 valence electrons. The summed E-state index contributed by atoms with van der Waals surface area (Å²) in [5.74, 6) is -0.283. The first kappa shape index (κ1) is 26.1. The number of benzene rings is 2. The van der Waals surface area contributed by atoms with Gasteiger partial charge in [-0.1, -0.05) is 0 Å². The summed E-state index contributed by atoms with van der Waals surface area (Å²) in [6.45, 7) is 6.64. The molecular formula is C27H36ClFOSn. The second kappa shape index (κ2) is 13.4. The van der Waals surface area contributed by atoms with Gasteiger partial charge < -0.3 is 0 Å². The van der Waals surface area contributed by atoms with Crippen LogP contribution in [-0.4, -0.2) is 22.2 Å². The molecule has 2 aromatic rings. The van der Waals surface area contributed by atoms with Crippen LogP contribution in [0.5, 0.6) is 0 Å². The van der Waals surface area contributed by atoms with Crippen LogP contribution >= 0.6 is 11.6 Å². The van der Waals surface area contributed by atoms with Crippen molar-refractivity contribution in [2.45, 2.75) is 72.6 Å². The van der Waals surface area contributed by atoms with Crippen LogP contribution < -0.4 is 0 Å². The van der Waals surface area contributed by atoms with Gasteiger partial charge in [-0.2, -0.15) is 0 Å². The van der Waals surface area contributed by atoms with Crippen LogP contribution in [-0.2, 0) is 4.79 Å². The van der Waals surface area contributed by atoms with Crippen molar-refractivity contribution in [2.24, 2.45) is 0 Å². The van der Waals surface area contributed by atoms with Gasteiger partial charge in [-0.05, 0) is 0 Å². The van der Waals surface area contributed by atoms with E-state index in [1.807, 2.05) is 36.4 Å². The van der Waals surface area contributed by atoms with E-state index in [4.69, 9.17) is 11.6 Å². The van der Waals surface area contributed by atoms with Crippen molar-refractivity contribution in [1.82, 2.24) is 0 Å². The van der Waals surface area contributed by atoms with E-state index in [0.717, 1.165) is 68.5 Å². The Morgan fingerprint density at radius 1 is 0.903 bits per heavy atom. The standard InChI is InChI=1S/C15H9ClFO.3C4H9.Sn/c16-14-6-4-12(5-7-14)13(10-18)8-11-2-1-3-15(17)9-11;3*1-3-4-2;/h1-9H;3*1,3-4H2,2H3;/b13-8-;;;;. The van der Waals surface area contributed by atoms with Gasteiger partial charge in [0.2, 0.25) is 0 Å². The average molecular weight is 550 g/mol. The molecule has 0 radical (unpaired) electrons. The molecule has 0 saturated carbocycles. The first-order chi connectivity index (χ1) is 15.0. The minimum absolute atomic E-state index is 0.283. The summed E-state index contributed by atoms with van der Waals surface area (Å²) in [6.07, 6.45) is 8.65. The monoisotopic (exact) mass is 550 g/mol. The summed E-state index contributed by atoms with van der Waals surface area (Å²) in [5, 5.41) is 0.652. The van der Waals surface area contributed by atoms with E-state index < -0.39 is 18.4 Å². The van der Waals surface area contributed by atoms with Gasteiger partial charge in [0, 0.05) is 0 Å². The maximum absolute atomic E-state index is 14.4. The van der Waals surface area contributed by atoms with Gasteiger partial charge in [-0.3, -0.25) is 0 Å². The van der Waals surface area contributed by atoms with E-state index in [1.165, 1.54) is 12.1 Å². The molecule has 0 saturated heterocycles. The number of hydrogen-bond acceptors (Lipinski definition) is 1. The van der Waals surface area contributed by atoms with Crippen LogP contribution in [0.25, 0.3) is 11.6 Å². The third-order valence-corrected chi connectivity index (χ3v) is 21.1. The second-order valence-electron chi connectivity index (χ2n) is 8.54. The van der Waals surface area contributed by atoms with Crippen molar-refractivity contribution < 1.29 is 9.18 Å².